The van der Waals surface area contributed by atoms with E-state index in [-0.39, 0.29) is 11.9 Å². The van der Waals surface area contributed by atoms with Crippen LogP contribution in [0.25, 0.3) is 0 Å². The van der Waals surface area contributed by atoms with E-state index in [2.05, 4.69) is 27.9 Å². The summed E-state index contributed by atoms with van der Waals surface area (Å²) in [6.45, 7) is 4.92. The molecule has 0 radical (unpaired) electrons. The normalized spacial score (nSPS) is 18.9. The Morgan fingerprint density at radius 1 is 1.32 bits per heavy atom. The molecule has 6 nitrogen and oxygen atoms in total. The molecular weight excluding hydrogens is 244 g/mol. The minimum absolute atomic E-state index is 0.289. The predicted molar refractivity (Wildman–Crippen MR) is 74.9 cm³/mol. The van der Waals surface area contributed by atoms with Crippen molar-refractivity contribution in [2.75, 3.05) is 33.7 Å². The summed E-state index contributed by atoms with van der Waals surface area (Å²) in [4.78, 5) is 24.9. The van der Waals surface area contributed by atoms with Gasteiger partial charge in [0.1, 0.15) is 0 Å². The average molecular weight is 270 g/mol. The standard InChI is InChI=1S/C13H26N4O2/c1-10(12(18)16-13(19)14-2)15-7-4-11-5-8-17(3)9-6-11/h10-11,15H,4-9H2,1-3H3,(H2,14,16,18,19). The number of nitrogens with zero attached hydrogens (tertiary/aromatic N) is 1. The minimum atomic E-state index is -0.464. The number of piperidine rings is 1. The van der Waals surface area contributed by atoms with E-state index in [1.165, 1.54) is 19.9 Å². The zero-order valence-corrected chi connectivity index (χ0v) is 12.2. The molecule has 1 fully saturated rings. The SMILES string of the molecule is CNC(=O)NC(=O)C(C)NCCC1CCN(C)CC1. The lowest BCUT2D eigenvalue weighted by Gasteiger charge is -2.29. The van der Waals surface area contributed by atoms with Crippen molar-refractivity contribution in [3.63, 3.8) is 0 Å². The van der Waals surface area contributed by atoms with Crippen molar-refractivity contribution < 1.29 is 9.59 Å². The molecule has 1 saturated heterocycles. The van der Waals surface area contributed by atoms with Gasteiger partial charge in [0.25, 0.3) is 0 Å². The zero-order chi connectivity index (χ0) is 14.3. The van der Waals surface area contributed by atoms with E-state index >= 15 is 0 Å². The van der Waals surface area contributed by atoms with Crippen LogP contribution in [0.3, 0.4) is 0 Å². The molecule has 0 aliphatic carbocycles. The molecule has 110 valence electrons. The van der Waals surface area contributed by atoms with Crippen molar-refractivity contribution >= 4 is 11.9 Å². The molecule has 0 aromatic heterocycles. The number of amides is 3. The Kier molecular flexibility index (Phi) is 6.80. The molecule has 0 saturated carbocycles. The number of hydrogen-bond donors (Lipinski definition) is 3. The monoisotopic (exact) mass is 270 g/mol. The molecular formula is C13H26N4O2. The Bertz CT molecular complexity index is 301. The Morgan fingerprint density at radius 3 is 2.53 bits per heavy atom. The summed E-state index contributed by atoms with van der Waals surface area (Å²) < 4.78 is 0. The van der Waals surface area contributed by atoms with Crippen molar-refractivity contribution in [2.45, 2.75) is 32.2 Å². The van der Waals surface area contributed by atoms with Gasteiger partial charge >= 0.3 is 6.03 Å². The summed E-state index contributed by atoms with van der Waals surface area (Å²) in [7, 11) is 3.64. The van der Waals surface area contributed by atoms with E-state index in [1.54, 1.807) is 6.92 Å². The van der Waals surface area contributed by atoms with Gasteiger partial charge in [-0.1, -0.05) is 0 Å². The van der Waals surface area contributed by atoms with Crippen LogP contribution in [-0.2, 0) is 4.79 Å². The van der Waals surface area contributed by atoms with E-state index in [9.17, 15) is 9.59 Å². The lowest BCUT2D eigenvalue weighted by Crippen LogP contribution is -2.47. The third-order valence-corrected chi connectivity index (χ3v) is 3.70. The fraction of sp³-hybridized carbons (Fsp3) is 0.846. The highest BCUT2D eigenvalue weighted by Gasteiger charge is 2.18. The maximum absolute atomic E-state index is 11.6. The largest absolute Gasteiger partial charge is 0.341 e. The topological polar surface area (TPSA) is 73.5 Å². The van der Waals surface area contributed by atoms with Crippen LogP contribution in [0.2, 0.25) is 0 Å². The Hall–Kier alpha value is -1.14. The van der Waals surface area contributed by atoms with E-state index in [4.69, 9.17) is 0 Å². The third kappa shape index (κ3) is 6.02. The van der Waals surface area contributed by atoms with Crippen molar-refractivity contribution in [3.8, 4) is 0 Å². The molecule has 1 unspecified atom stereocenters. The third-order valence-electron chi connectivity index (χ3n) is 3.70. The number of urea groups is 1. The second-order valence-electron chi connectivity index (χ2n) is 5.28. The lowest BCUT2D eigenvalue weighted by atomic mass is 9.94. The van der Waals surface area contributed by atoms with Crippen LogP contribution in [-0.4, -0.2) is 56.6 Å². The number of imide groups is 1. The van der Waals surface area contributed by atoms with Crippen molar-refractivity contribution in [1.29, 1.82) is 0 Å². The highest BCUT2D eigenvalue weighted by molar-refractivity contribution is 5.96. The fourth-order valence-electron chi connectivity index (χ4n) is 2.23. The van der Waals surface area contributed by atoms with E-state index < -0.39 is 6.03 Å². The average Bonchev–Trinajstić information content (AvgIpc) is 2.40. The lowest BCUT2D eigenvalue weighted by molar-refractivity contribution is -0.121. The number of carbonyl (C=O) groups excluding carboxylic acids is 2. The van der Waals surface area contributed by atoms with E-state index in [0.717, 1.165) is 32.0 Å². The maximum Gasteiger partial charge on any atom is 0.321 e. The van der Waals surface area contributed by atoms with Crippen molar-refractivity contribution in [1.82, 2.24) is 20.9 Å². The molecule has 1 rings (SSSR count). The summed E-state index contributed by atoms with van der Waals surface area (Å²) in [5.41, 5.74) is 0. The van der Waals surface area contributed by atoms with Gasteiger partial charge in [-0.2, -0.15) is 0 Å². The summed E-state index contributed by atoms with van der Waals surface area (Å²) in [6, 6.07) is -0.808. The quantitative estimate of drug-likeness (QED) is 0.665. The number of likely N-dealkylation sites (tertiary alicyclic amines) is 1. The summed E-state index contributed by atoms with van der Waals surface area (Å²) >= 11 is 0. The molecule has 0 aromatic rings. The van der Waals surface area contributed by atoms with Crippen LogP contribution in [0, 0.1) is 5.92 Å². The number of hydrogen-bond acceptors (Lipinski definition) is 4. The zero-order valence-electron chi connectivity index (χ0n) is 12.2. The number of carbonyl (C=O) groups is 2. The van der Waals surface area contributed by atoms with Gasteiger partial charge in [-0.15, -0.1) is 0 Å². The van der Waals surface area contributed by atoms with Gasteiger partial charge in [0.05, 0.1) is 6.04 Å². The predicted octanol–water partition coefficient (Wildman–Crippen LogP) is 0.152. The second kappa shape index (κ2) is 8.12. The summed E-state index contributed by atoms with van der Waals surface area (Å²) in [5, 5.41) is 7.79. The van der Waals surface area contributed by atoms with E-state index in [1.807, 2.05) is 0 Å². The molecule has 0 aromatic carbocycles. The molecule has 19 heavy (non-hydrogen) atoms. The molecule has 0 spiro atoms. The molecule has 1 heterocycles. The fourth-order valence-corrected chi connectivity index (χ4v) is 2.23. The maximum atomic E-state index is 11.6. The Morgan fingerprint density at radius 2 is 1.95 bits per heavy atom. The summed E-state index contributed by atoms with van der Waals surface area (Å²) in [5.74, 6) is 0.459. The molecule has 6 heteroatoms. The van der Waals surface area contributed by atoms with Crippen LogP contribution in [0.15, 0.2) is 0 Å². The van der Waals surface area contributed by atoms with Crippen molar-refractivity contribution in [2.24, 2.45) is 5.92 Å². The highest BCUT2D eigenvalue weighted by atomic mass is 16.2. The van der Waals surface area contributed by atoms with Gasteiger partial charge in [0.2, 0.25) is 5.91 Å². The number of nitrogens with one attached hydrogen (secondary N) is 3. The first-order valence-corrected chi connectivity index (χ1v) is 6.97. The molecule has 3 N–H and O–H groups in total. The van der Waals surface area contributed by atoms with Gasteiger partial charge in [-0.25, -0.2) is 4.79 Å². The Balaban J connectivity index is 2.14. The highest BCUT2D eigenvalue weighted by Crippen LogP contribution is 2.18. The van der Waals surface area contributed by atoms with Crippen molar-refractivity contribution in [3.05, 3.63) is 0 Å². The van der Waals surface area contributed by atoms with Crippen LogP contribution in [0.1, 0.15) is 26.2 Å². The first-order valence-electron chi connectivity index (χ1n) is 6.97. The number of rotatable bonds is 5. The van der Waals surface area contributed by atoms with Crippen LogP contribution in [0.5, 0.6) is 0 Å². The van der Waals surface area contributed by atoms with Gasteiger partial charge < -0.3 is 15.5 Å². The first-order chi connectivity index (χ1) is 9.02. The van der Waals surface area contributed by atoms with Gasteiger partial charge in [-0.3, -0.25) is 10.1 Å². The van der Waals surface area contributed by atoms with Crippen LogP contribution in [0.4, 0.5) is 4.79 Å². The van der Waals surface area contributed by atoms with E-state index in [0.29, 0.717) is 0 Å². The van der Waals surface area contributed by atoms with Gasteiger partial charge in [0.15, 0.2) is 0 Å². The summed E-state index contributed by atoms with van der Waals surface area (Å²) in [6.07, 6.45) is 3.55. The smallest absolute Gasteiger partial charge is 0.321 e. The molecule has 1 atom stereocenters. The van der Waals surface area contributed by atoms with Crippen LogP contribution < -0.4 is 16.0 Å². The van der Waals surface area contributed by atoms with Crippen LogP contribution >= 0.6 is 0 Å². The second-order valence-corrected chi connectivity index (χ2v) is 5.28. The van der Waals surface area contributed by atoms with Gasteiger partial charge in [0, 0.05) is 7.05 Å². The molecule has 3 amide bonds. The molecule has 1 aliphatic rings. The Labute approximate surface area is 115 Å². The van der Waals surface area contributed by atoms with Gasteiger partial charge in [-0.05, 0) is 58.8 Å². The first kappa shape index (κ1) is 15.9. The minimum Gasteiger partial charge on any atom is -0.341 e. The molecule has 1 aliphatic heterocycles. The molecule has 0 bridgehead atoms.